The topological polar surface area (TPSA) is 97.1 Å². The van der Waals surface area contributed by atoms with Gasteiger partial charge in [0.25, 0.3) is 0 Å². The molecule has 2 unspecified atom stereocenters. The van der Waals surface area contributed by atoms with E-state index >= 15 is 0 Å². The molecule has 3 heterocycles. The Morgan fingerprint density at radius 2 is 1.74 bits per heavy atom. The fourth-order valence-electron chi connectivity index (χ4n) is 3.76. The zero-order valence-corrected chi connectivity index (χ0v) is 17.3. The first-order chi connectivity index (χ1) is 12.1. The van der Waals surface area contributed by atoms with Crippen molar-refractivity contribution in [1.29, 1.82) is 0 Å². The van der Waals surface area contributed by atoms with Crippen LogP contribution >= 0.6 is 24.8 Å². The summed E-state index contributed by atoms with van der Waals surface area (Å²) in [6.45, 7) is 6.84. The minimum Gasteiger partial charge on any atom is -0.381 e. The third-order valence-corrected chi connectivity index (χ3v) is 5.43. The summed E-state index contributed by atoms with van der Waals surface area (Å²) in [6, 6.07) is -0.642. The van der Waals surface area contributed by atoms with Gasteiger partial charge in [-0.1, -0.05) is 0 Å². The number of nitrogens with two attached hydrogens (primary N) is 1. The van der Waals surface area contributed by atoms with Crippen LogP contribution < -0.4 is 11.1 Å². The molecule has 0 spiro atoms. The minimum atomic E-state index is -0.513. The first-order valence-corrected chi connectivity index (χ1v) is 9.35. The predicted octanol–water partition coefficient (Wildman–Crippen LogP) is -0.367. The molecule has 3 saturated heterocycles. The lowest BCUT2D eigenvalue weighted by atomic mass is 9.91. The third-order valence-electron chi connectivity index (χ3n) is 5.43. The van der Waals surface area contributed by atoms with Crippen molar-refractivity contribution in [1.82, 2.24) is 15.1 Å². The maximum atomic E-state index is 12.4. The van der Waals surface area contributed by atoms with E-state index in [0.717, 1.165) is 45.7 Å². The fourth-order valence-corrected chi connectivity index (χ4v) is 3.76. The Bertz CT molecular complexity index is 474. The average molecular weight is 427 g/mol. The minimum absolute atomic E-state index is 0. The molecule has 0 saturated carbocycles. The van der Waals surface area contributed by atoms with Crippen molar-refractivity contribution in [3.63, 3.8) is 0 Å². The summed E-state index contributed by atoms with van der Waals surface area (Å²) in [4.78, 5) is 28.7. The normalized spacial score (nSPS) is 25.4. The number of ether oxygens (including phenoxy) is 2. The molecule has 158 valence electrons. The molecule has 0 aromatic heterocycles. The van der Waals surface area contributed by atoms with Gasteiger partial charge in [-0.25, -0.2) is 0 Å². The van der Waals surface area contributed by atoms with Crippen LogP contribution in [0.25, 0.3) is 0 Å². The van der Waals surface area contributed by atoms with E-state index in [1.807, 2.05) is 4.90 Å². The van der Waals surface area contributed by atoms with Crippen LogP contribution in [-0.2, 0) is 19.1 Å². The number of hydrogen-bond acceptors (Lipinski definition) is 6. The Kier molecular flexibility index (Phi) is 10.9. The molecule has 10 heteroatoms. The summed E-state index contributed by atoms with van der Waals surface area (Å²) < 4.78 is 10.7. The first-order valence-electron chi connectivity index (χ1n) is 9.35. The summed E-state index contributed by atoms with van der Waals surface area (Å²) in [5.74, 6) is 0.140. The number of carbonyl (C=O) groups is 2. The molecule has 27 heavy (non-hydrogen) atoms. The molecule has 3 rings (SSSR count). The van der Waals surface area contributed by atoms with Crippen LogP contribution in [0, 0.1) is 5.92 Å². The van der Waals surface area contributed by atoms with E-state index in [9.17, 15) is 9.59 Å². The van der Waals surface area contributed by atoms with Crippen molar-refractivity contribution < 1.29 is 19.1 Å². The van der Waals surface area contributed by atoms with E-state index < -0.39 is 6.04 Å². The Balaban J connectivity index is 0.00000182. The van der Waals surface area contributed by atoms with Crippen LogP contribution in [0.3, 0.4) is 0 Å². The molecular formula is C17H32Cl2N4O4. The molecule has 3 aliphatic heterocycles. The molecule has 0 aromatic rings. The van der Waals surface area contributed by atoms with Crippen LogP contribution in [0.4, 0.5) is 0 Å². The van der Waals surface area contributed by atoms with E-state index in [1.165, 1.54) is 0 Å². The molecular weight excluding hydrogens is 395 g/mol. The lowest BCUT2D eigenvalue weighted by Crippen LogP contribution is -2.50. The molecule has 0 bridgehead atoms. The lowest BCUT2D eigenvalue weighted by Gasteiger charge is -2.29. The second kappa shape index (κ2) is 12.0. The highest BCUT2D eigenvalue weighted by Gasteiger charge is 2.33. The predicted molar refractivity (Wildman–Crippen MR) is 106 cm³/mol. The highest BCUT2D eigenvalue weighted by molar-refractivity contribution is 5.86. The summed E-state index contributed by atoms with van der Waals surface area (Å²) in [5, 5.41) is 2.97. The summed E-state index contributed by atoms with van der Waals surface area (Å²) in [6.07, 6.45) is 2.02. The zero-order chi connectivity index (χ0) is 17.6. The van der Waals surface area contributed by atoms with E-state index in [0.29, 0.717) is 32.7 Å². The summed E-state index contributed by atoms with van der Waals surface area (Å²) >= 11 is 0. The summed E-state index contributed by atoms with van der Waals surface area (Å²) in [5.41, 5.74) is 6.11. The highest BCUT2D eigenvalue weighted by Crippen LogP contribution is 2.18. The Hall–Kier alpha value is -0.640. The van der Waals surface area contributed by atoms with Gasteiger partial charge in [-0.3, -0.25) is 14.5 Å². The van der Waals surface area contributed by atoms with E-state index in [2.05, 4.69) is 10.2 Å². The van der Waals surface area contributed by atoms with Crippen molar-refractivity contribution >= 4 is 36.6 Å². The van der Waals surface area contributed by atoms with Gasteiger partial charge in [0.05, 0.1) is 25.3 Å². The van der Waals surface area contributed by atoms with Gasteiger partial charge in [-0.15, -0.1) is 24.8 Å². The lowest BCUT2D eigenvalue weighted by molar-refractivity contribution is -0.128. The second-order valence-electron chi connectivity index (χ2n) is 7.18. The van der Waals surface area contributed by atoms with Gasteiger partial charge < -0.3 is 25.4 Å². The number of nitrogens with zero attached hydrogens (tertiary/aromatic N) is 2. The maximum Gasteiger partial charge on any atom is 0.237 e. The number of nitrogens with one attached hydrogen (secondary N) is 1. The Labute approximate surface area is 173 Å². The van der Waals surface area contributed by atoms with Crippen molar-refractivity contribution in [3.8, 4) is 0 Å². The monoisotopic (exact) mass is 426 g/mol. The number of amides is 2. The number of rotatable bonds is 6. The Morgan fingerprint density at radius 3 is 2.41 bits per heavy atom. The van der Waals surface area contributed by atoms with Crippen molar-refractivity contribution in [2.24, 2.45) is 11.7 Å². The average Bonchev–Trinajstić information content (AvgIpc) is 3.00. The van der Waals surface area contributed by atoms with Crippen LogP contribution in [0.1, 0.15) is 19.3 Å². The standard InChI is InChI=1S/C17H30N4O4.2ClH/c18-16(13-1-7-24-8-2-13)17(23)19-14-11-15(22)21(12-14)4-3-20-5-9-25-10-6-20;;/h13-14,16H,1-12,18H2,(H,19,23);2*1H. The van der Waals surface area contributed by atoms with Gasteiger partial charge in [0, 0.05) is 52.4 Å². The highest BCUT2D eigenvalue weighted by atomic mass is 35.5. The number of carbonyl (C=O) groups excluding carboxylic acids is 2. The van der Waals surface area contributed by atoms with Gasteiger partial charge in [0.15, 0.2) is 0 Å². The molecule has 2 atom stereocenters. The third kappa shape index (κ3) is 7.03. The van der Waals surface area contributed by atoms with E-state index in [4.69, 9.17) is 15.2 Å². The van der Waals surface area contributed by atoms with Crippen molar-refractivity contribution in [2.45, 2.75) is 31.3 Å². The number of likely N-dealkylation sites (tertiary alicyclic amines) is 1. The van der Waals surface area contributed by atoms with Crippen LogP contribution in [0.5, 0.6) is 0 Å². The van der Waals surface area contributed by atoms with Gasteiger partial charge in [0.1, 0.15) is 0 Å². The van der Waals surface area contributed by atoms with Crippen molar-refractivity contribution in [2.75, 3.05) is 59.2 Å². The zero-order valence-electron chi connectivity index (χ0n) is 15.6. The Morgan fingerprint density at radius 1 is 1.11 bits per heavy atom. The fraction of sp³-hybridized carbons (Fsp3) is 0.882. The number of hydrogen-bond donors (Lipinski definition) is 2. The van der Waals surface area contributed by atoms with Crippen LogP contribution in [-0.4, -0.2) is 92.8 Å². The molecule has 0 radical (unpaired) electrons. The number of halogens is 2. The first kappa shape index (κ1) is 24.4. The molecule has 0 aromatic carbocycles. The second-order valence-corrected chi connectivity index (χ2v) is 7.18. The van der Waals surface area contributed by atoms with Gasteiger partial charge >= 0.3 is 0 Å². The molecule has 8 nitrogen and oxygen atoms in total. The summed E-state index contributed by atoms with van der Waals surface area (Å²) in [7, 11) is 0. The molecule has 3 fully saturated rings. The SMILES string of the molecule is Cl.Cl.NC(C(=O)NC1CC(=O)N(CCN2CCOCC2)C1)C1CCOCC1. The van der Waals surface area contributed by atoms with Crippen LogP contribution in [0.15, 0.2) is 0 Å². The smallest absolute Gasteiger partial charge is 0.237 e. The van der Waals surface area contributed by atoms with Crippen LogP contribution in [0.2, 0.25) is 0 Å². The molecule has 0 aliphatic carbocycles. The van der Waals surface area contributed by atoms with E-state index in [-0.39, 0.29) is 48.6 Å². The molecule has 3 N–H and O–H groups in total. The van der Waals surface area contributed by atoms with Gasteiger partial charge in [-0.2, -0.15) is 0 Å². The quantitative estimate of drug-likeness (QED) is 0.601. The van der Waals surface area contributed by atoms with E-state index in [1.54, 1.807) is 0 Å². The van der Waals surface area contributed by atoms with Crippen molar-refractivity contribution in [3.05, 3.63) is 0 Å². The molecule has 2 amide bonds. The maximum absolute atomic E-state index is 12.4. The molecule has 3 aliphatic rings. The largest absolute Gasteiger partial charge is 0.381 e. The van der Waals surface area contributed by atoms with Gasteiger partial charge in [-0.05, 0) is 18.8 Å². The number of morpholine rings is 1. The van der Waals surface area contributed by atoms with Gasteiger partial charge in [0.2, 0.25) is 11.8 Å².